The minimum Gasteiger partial charge on any atom is -0.249 e. The van der Waals surface area contributed by atoms with Gasteiger partial charge in [-0.25, -0.2) is 10.0 Å². The van der Waals surface area contributed by atoms with Crippen LogP contribution in [0.15, 0.2) is 23.8 Å². The quantitative estimate of drug-likeness (QED) is 0.680. The Labute approximate surface area is 103 Å². The van der Waals surface area contributed by atoms with Crippen molar-refractivity contribution in [2.45, 2.75) is 20.3 Å². The molecule has 1 saturated carbocycles. The van der Waals surface area contributed by atoms with Crippen LogP contribution in [0.4, 0.5) is 0 Å². The van der Waals surface area contributed by atoms with Gasteiger partial charge in [-0.3, -0.25) is 0 Å². The number of allylic oxidation sites excluding steroid dienone is 4. The highest BCUT2D eigenvalue weighted by molar-refractivity contribution is 8.32. The molecule has 0 heterocycles. The second-order valence-corrected chi connectivity index (χ2v) is 11.2. The van der Waals surface area contributed by atoms with Gasteiger partial charge in [0.1, 0.15) is 0 Å². The highest BCUT2D eigenvalue weighted by Crippen LogP contribution is 2.50. The van der Waals surface area contributed by atoms with E-state index >= 15 is 0 Å². The number of hydrogen-bond donors (Lipinski definition) is 0. The molecule has 92 valence electrons. The Morgan fingerprint density at radius 3 is 2.56 bits per heavy atom. The van der Waals surface area contributed by atoms with E-state index in [0.717, 1.165) is 23.7 Å². The van der Waals surface area contributed by atoms with E-state index in [-0.39, 0.29) is 10.0 Å². The summed E-state index contributed by atoms with van der Waals surface area (Å²) in [4.78, 5) is 0. The number of fused-ring (bicyclic) bond motifs is 1. The molecule has 0 nitrogen and oxygen atoms in total. The minimum absolute atomic E-state index is 0.352. The van der Waals surface area contributed by atoms with Gasteiger partial charge in [0.15, 0.2) is 0 Å². The van der Waals surface area contributed by atoms with E-state index < -0.39 is 0 Å². The summed E-state index contributed by atoms with van der Waals surface area (Å²) in [7, 11) is -0.352. The van der Waals surface area contributed by atoms with Gasteiger partial charge in [0.2, 0.25) is 0 Å². The van der Waals surface area contributed by atoms with E-state index in [9.17, 15) is 0 Å². The Kier molecular flexibility index (Phi) is 3.27. The largest absolute Gasteiger partial charge is 0.249 e. The van der Waals surface area contributed by atoms with E-state index in [2.05, 4.69) is 50.8 Å². The van der Waals surface area contributed by atoms with Crippen molar-refractivity contribution in [3.8, 4) is 0 Å². The summed E-state index contributed by atoms with van der Waals surface area (Å²) in [5.74, 6) is 4.95. The first-order chi connectivity index (χ1) is 7.37. The lowest BCUT2D eigenvalue weighted by Crippen LogP contribution is -2.20. The minimum atomic E-state index is -0.352. The average Bonchev–Trinajstić information content (AvgIpc) is 2.40. The maximum atomic E-state index is 2.55. The average molecular weight is 238 g/mol. The third kappa shape index (κ3) is 2.56. The van der Waals surface area contributed by atoms with Crippen LogP contribution in [0.25, 0.3) is 0 Å². The van der Waals surface area contributed by atoms with Crippen LogP contribution < -0.4 is 0 Å². The molecule has 0 saturated heterocycles. The molecular weight excluding hydrogens is 212 g/mol. The topological polar surface area (TPSA) is 0 Å². The SMILES string of the molecule is CC1=CC2C(CS(C)(C)C)CC(C)C2C=C1. The summed E-state index contributed by atoms with van der Waals surface area (Å²) in [5.41, 5.74) is 1.48. The van der Waals surface area contributed by atoms with Gasteiger partial charge in [-0.1, -0.05) is 30.7 Å². The van der Waals surface area contributed by atoms with E-state index in [1.165, 1.54) is 17.7 Å². The van der Waals surface area contributed by atoms with Crippen LogP contribution in [-0.2, 0) is 0 Å². The Morgan fingerprint density at radius 1 is 1.25 bits per heavy atom. The van der Waals surface area contributed by atoms with E-state index in [1.54, 1.807) is 0 Å². The molecule has 1 heteroatoms. The van der Waals surface area contributed by atoms with Crippen molar-refractivity contribution in [2.24, 2.45) is 23.7 Å². The highest BCUT2D eigenvalue weighted by Gasteiger charge is 2.40. The molecule has 0 amide bonds. The van der Waals surface area contributed by atoms with E-state index in [1.807, 2.05) is 0 Å². The summed E-state index contributed by atoms with van der Waals surface area (Å²) in [5, 5.41) is 0. The second-order valence-electron chi connectivity index (χ2n) is 6.66. The normalized spacial score (nSPS) is 39.4. The zero-order valence-corrected chi connectivity index (χ0v) is 12.2. The fraction of sp³-hybridized carbons (Fsp3) is 0.733. The highest BCUT2D eigenvalue weighted by atomic mass is 32.3. The predicted molar refractivity (Wildman–Crippen MR) is 77.4 cm³/mol. The molecule has 2 rings (SSSR count). The molecule has 16 heavy (non-hydrogen) atoms. The van der Waals surface area contributed by atoms with Crippen LogP contribution in [0.2, 0.25) is 0 Å². The summed E-state index contributed by atoms with van der Waals surface area (Å²) < 4.78 is 0. The van der Waals surface area contributed by atoms with Crippen LogP contribution >= 0.6 is 10.0 Å². The fourth-order valence-electron chi connectivity index (χ4n) is 3.49. The third-order valence-electron chi connectivity index (χ3n) is 4.07. The van der Waals surface area contributed by atoms with Gasteiger partial charge in [0.05, 0.1) is 0 Å². The van der Waals surface area contributed by atoms with Crippen molar-refractivity contribution in [2.75, 3.05) is 24.5 Å². The van der Waals surface area contributed by atoms with Gasteiger partial charge in [0.25, 0.3) is 0 Å². The molecule has 4 atom stereocenters. The Morgan fingerprint density at radius 2 is 1.94 bits per heavy atom. The molecule has 0 aromatic rings. The van der Waals surface area contributed by atoms with Crippen LogP contribution in [0.1, 0.15) is 20.3 Å². The zero-order chi connectivity index (χ0) is 11.9. The van der Waals surface area contributed by atoms with Crippen molar-refractivity contribution < 1.29 is 0 Å². The second kappa shape index (κ2) is 4.25. The molecule has 0 radical (unpaired) electrons. The molecule has 4 unspecified atom stereocenters. The monoisotopic (exact) mass is 238 g/mol. The zero-order valence-electron chi connectivity index (χ0n) is 11.4. The van der Waals surface area contributed by atoms with Gasteiger partial charge in [0, 0.05) is 0 Å². The molecule has 1 fully saturated rings. The standard InChI is InChI=1S/C15H26S/c1-11-6-7-14-12(2)9-13(15(14)8-11)10-16(3,4)5/h6-8,12-15H,9-10H2,1-5H3. The molecule has 2 aliphatic rings. The molecule has 0 spiro atoms. The Bertz CT molecular complexity index is 319. The lowest BCUT2D eigenvalue weighted by atomic mass is 9.83. The number of hydrogen-bond acceptors (Lipinski definition) is 0. The molecule has 0 aliphatic heterocycles. The molecular formula is C15H26S. The first-order valence-corrected chi connectivity index (χ1v) is 9.42. The van der Waals surface area contributed by atoms with Crippen LogP contribution in [-0.4, -0.2) is 24.5 Å². The van der Waals surface area contributed by atoms with Crippen molar-refractivity contribution in [1.82, 2.24) is 0 Å². The van der Waals surface area contributed by atoms with Gasteiger partial charge in [-0.2, -0.15) is 0 Å². The van der Waals surface area contributed by atoms with Crippen molar-refractivity contribution in [3.63, 3.8) is 0 Å². The molecule has 0 aromatic carbocycles. The van der Waals surface area contributed by atoms with Crippen LogP contribution in [0.5, 0.6) is 0 Å². The first-order valence-electron chi connectivity index (χ1n) is 6.39. The summed E-state index contributed by atoms with van der Waals surface area (Å²) in [6, 6.07) is 0. The van der Waals surface area contributed by atoms with Crippen molar-refractivity contribution >= 4 is 10.0 Å². The third-order valence-corrected chi connectivity index (χ3v) is 5.50. The van der Waals surface area contributed by atoms with E-state index in [0.29, 0.717) is 0 Å². The lowest BCUT2D eigenvalue weighted by Gasteiger charge is -2.32. The Balaban J connectivity index is 2.15. The van der Waals surface area contributed by atoms with Crippen molar-refractivity contribution in [3.05, 3.63) is 23.8 Å². The fourth-order valence-corrected chi connectivity index (χ4v) is 5.14. The van der Waals surface area contributed by atoms with Gasteiger partial charge < -0.3 is 0 Å². The first kappa shape index (κ1) is 12.3. The van der Waals surface area contributed by atoms with Gasteiger partial charge in [-0.05, 0) is 61.5 Å². The maximum absolute atomic E-state index is 2.55. The molecule has 0 aromatic heterocycles. The summed E-state index contributed by atoms with van der Waals surface area (Å²) >= 11 is 0. The summed E-state index contributed by atoms with van der Waals surface area (Å²) in [6.45, 7) is 4.69. The van der Waals surface area contributed by atoms with Crippen LogP contribution in [0, 0.1) is 23.7 Å². The molecule has 2 aliphatic carbocycles. The Hall–Kier alpha value is -0.170. The smallest absolute Gasteiger partial charge is 0.0126 e. The summed E-state index contributed by atoms with van der Waals surface area (Å²) in [6.07, 6.45) is 16.2. The van der Waals surface area contributed by atoms with Crippen LogP contribution in [0.3, 0.4) is 0 Å². The number of rotatable bonds is 2. The predicted octanol–water partition coefficient (Wildman–Crippen LogP) is 4.08. The van der Waals surface area contributed by atoms with Crippen molar-refractivity contribution in [1.29, 1.82) is 0 Å². The lowest BCUT2D eigenvalue weighted by molar-refractivity contribution is 0.427. The molecule has 0 N–H and O–H groups in total. The van der Waals surface area contributed by atoms with Gasteiger partial charge in [-0.15, -0.1) is 0 Å². The van der Waals surface area contributed by atoms with Gasteiger partial charge >= 0.3 is 0 Å². The molecule has 0 bridgehead atoms. The van der Waals surface area contributed by atoms with E-state index in [4.69, 9.17) is 0 Å². The maximum Gasteiger partial charge on any atom is -0.0126 e.